The Balaban J connectivity index is 1.88. The van der Waals surface area contributed by atoms with Crippen LogP contribution in [0.5, 0.6) is 5.75 Å². The molecule has 0 bridgehead atoms. The Labute approximate surface area is 131 Å². The van der Waals surface area contributed by atoms with E-state index >= 15 is 0 Å². The van der Waals surface area contributed by atoms with E-state index < -0.39 is 10.0 Å². The summed E-state index contributed by atoms with van der Waals surface area (Å²) in [5.41, 5.74) is 2.05. The van der Waals surface area contributed by atoms with Gasteiger partial charge in [0, 0.05) is 18.8 Å². The molecule has 0 saturated heterocycles. The molecule has 0 amide bonds. The molecular formula is C15H21N3O3S. The van der Waals surface area contributed by atoms with Crippen LogP contribution in [-0.4, -0.2) is 31.9 Å². The summed E-state index contributed by atoms with van der Waals surface area (Å²) in [6.45, 7) is 4.98. The maximum Gasteiger partial charge on any atom is 0.240 e. The predicted molar refractivity (Wildman–Crippen MR) is 84.5 cm³/mol. The smallest absolute Gasteiger partial charge is 0.240 e. The Bertz CT molecular complexity index is 721. The minimum Gasteiger partial charge on any atom is -0.497 e. The van der Waals surface area contributed by atoms with E-state index in [0.29, 0.717) is 25.3 Å². The van der Waals surface area contributed by atoms with Crippen LogP contribution in [0.25, 0.3) is 0 Å². The van der Waals surface area contributed by atoms with E-state index in [1.807, 2.05) is 24.6 Å². The van der Waals surface area contributed by atoms with Gasteiger partial charge in [0.25, 0.3) is 0 Å². The minimum absolute atomic E-state index is 0.236. The van der Waals surface area contributed by atoms with Crippen LogP contribution < -0.4 is 9.46 Å². The lowest BCUT2D eigenvalue weighted by molar-refractivity contribution is 0.414. The summed E-state index contributed by atoms with van der Waals surface area (Å²) in [6, 6.07) is 8.32. The number of methoxy groups -OCH3 is 1. The first kappa shape index (κ1) is 16.5. The summed E-state index contributed by atoms with van der Waals surface area (Å²) in [5.74, 6) is 0.628. The van der Waals surface area contributed by atoms with Crippen molar-refractivity contribution < 1.29 is 13.2 Å². The second-order valence-corrected chi connectivity index (χ2v) is 6.84. The fraction of sp³-hybridized carbons (Fsp3) is 0.400. The van der Waals surface area contributed by atoms with Crippen molar-refractivity contribution in [1.82, 2.24) is 14.5 Å². The van der Waals surface area contributed by atoms with Crippen LogP contribution in [-0.2, 0) is 16.6 Å². The van der Waals surface area contributed by atoms with Crippen molar-refractivity contribution in [2.45, 2.75) is 31.7 Å². The third kappa shape index (κ3) is 4.08. The molecule has 0 aliphatic rings. The lowest BCUT2D eigenvalue weighted by Gasteiger charge is -2.08. The molecule has 0 aliphatic carbocycles. The highest BCUT2D eigenvalue weighted by Gasteiger charge is 2.13. The summed E-state index contributed by atoms with van der Waals surface area (Å²) < 4.78 is 33.8. The first-order chi connectivity index (χ1) is 10.4. The van der Waals surface area contributed by atoms with Gasteiger partial charge in [0.1, 0.15) is 5.75 Å². The van der Waals surface area contributed by atoms with Crippen LogP contribution in [0.2, 0.25) is 0 Å². The van der Waals surface area contributed by atoms with Gasteiger partial charge in [0.05, 0.1) is 17.7 Å². The molecule has 2 aromatic rings. The fourth-order valence-electron chi connectivity index (χ4n) is 2.17. The maximum atomic E-state index is 12.1. The van der Waals surface area contributed by atoms with Crippen LogP contribution >= 0.6 is 0 Å². The quantitative estimate of drug-likeness (QED) is 0.790. The number of rotatable bonds is 7. The normalized spacial score (nSPS) is 11.6. The number of benzene rings is 1. The molecule has 1 aromatic heterocycles. The van der Waals surface area contributed by atoms with E-state index in [4.69, 9.17) is 4.74 Å². The molecule has 1 aromatic carbocycles. The lowest BCUT2D eigenvalue weighted by Crippen LogP contribution is -2.25. The molecule has 0 atom stereocenters. The summed E-state index contributed by atoms with van der Waals surface area (Å²) in [6.07, 6.45) is 0.678. The predicted octanol–water partition coefficient (Wildman–Crippen LogP) is 1.88. The summed E-state index contributed by atoms with van der Waals surface area (Å²) in [5, 5.41) is 4.35. The topological polar surface area (TPSA) is 73.2 Å². The number of ether oxygens (including phenoxy) is 1. The molecule has 0 radical (unpaired) electrons. The highest BCUT2D eigenvalue weighted by Crippen LogP contribution is 2.15. The van der Waals surface area contributed by atoms with Gasteiger partial charge in [-0.1, -0.05) is 0 Å². The number of hydrogen-bond acceptors (Lipinski definition) is 4. The van der Waals surface area contributed by atoms with E-state index in [2.05, 4.69) is 9.82 Å². The second-order valence-electron chi connectivity index (χ2n) is 5.08. The van der Waals surface area contributed by atoms with Crippen molar-refractivity contribution in [1.29, 1.82) is 0 Å². The average molecular weight is 323 g/mol. The van der Waals surface area contributed by atoms with Gasteiger partial charge in [-0.3, -0.25) is 4.68 Å². The van der Waals surface area contributed by atoms with E-state index in [1.54, 1.807) is 19.2 Å². The van der Waals surface area contributed by atoms with Gasteiger partial charge in [0.2, 0.25) is 10.0 Å². The van der Waals surface area contributed by atoms with E-state index in [0.717, 1.165) is 11.4 Å². The molecule has 0 spiro atoms. The molecule has 1 heterocycles. The Morgan fingerprint density at radius 1 is 1.23 bits per heavy atom. The molecule has 0 saturated carbocycles. The molecule has 6 nitrogen and oxygen atoms in total. The number of nitrogens with one attached hydrogen (secondary N) is 1. The van der Waals surface area contributed by atoms with Crippen LogP contribution in [0.4, 0.5) is 0 Å². The lowest BCUT2D eigenvalue weighted by atomic mass is 10.3. The number of sulfonamides is 1. The van der Waals surface area contributed by atoms with Crippen LogP contribution in [0.15, 0.2) is 35.2 Å². The van der Waals surface area contributed by atoms with Crippen molar-refractivity contribution >= 4 is 10.0 Å². The Kier molecular flexibility index (Phi) is 5.20. The molecule has 22 heavy (non-hydrogen) atoms. The van der Waals surface area contributed by atoms with Gasteiger partial charge in [-0.05, 0) is 50.6 Å². The molecular weight excluding hydrogens is 302 g/mol. The minimum atomic E-state index is -3.48. The average Bonchev–Trinajstić information content (AvgIpc) is 2.81. The second kappa shape index (κ2) is 6.93. The monoisotopic (exact) mass is 323 g/mol. The summed E-state index contributed by atoms with van der Waals surface area (Å²) in [4.78, 5) is 0.236. The molecule has 1 N–H and O–H groups in total. The number of hydrogen-bond donors (Lipinski definition) is 1. The van der Waals surface area contributed by atoms with Gasteiger partial charge < -0.3 is 4.74 Å². The van der Waals surface area contributed by atoms with Crippen LogP contribution in [0, 0.1) is 13.8 Å². The molecule has 120 valence electrons. The largest absolute Gasteiger partial charge is 0.497 e. The molecule has 2 rings (SSSR count). The fourth-order valence-corrected chi connectivity index (χ4v) is 3.25. The van der Waals surface area contributed by atoms with Gasteiger partial charge in [0.15, 0.2) is 0 Å². The molecule has 7 heteroatoms. The molecule has 0 fully saturated rings. The first-order valence-corrected chi connectivity index (χ1v) is 8.55. The van der Waals surface area contributed by atoms with E-state index in [-0.39, 0.29) is 4.90 Å². The van der Waals surface area contributed by atoms with E-state index in [1.165, 1.54) is 12.1 Å². The van der Waals surface area contributed by atoms with Crippen molar-refractivity contribution in [2.75, 3.05) is 13.7 Å². The van der Waals surface area contributed by atoms with Crippen molar-refractivity contribution in [2.24, 2.45) is 0 Å². The number of nitrogens with zero attached hydrogens (tertiary/aromatic N) is 2. The zero-order chi connectivity index (χ0) is 16.2. The van der Waals surface area contributed by atoms with Gasteiger partial charge in [-0.15, -0.1) is 0 Å². The zero-order valence-electron chi connectivity index (χ0n) is 13.0. The Morgan fingerprint density at radius 2 is 1.91 bits per heavy atom. The number of aryl methyl sites for hydroxylation is 3. The maximum absolute atomic E-state index is 12.1. The van der Waals surface area contributed by atoms with Gasteiger partial charge in [-0.25, -0.2) is 13.1 Å². The highest BCUT2D eigenvalue weighted by atomic mass is 32.2. The highest BCUT2D eigenvalue weighted by molar-refractivity contribution is 7.89. The standard InChI is InChI=1S/C15H21N3O3S/c1-12-11-13(2)18(17-12)10-4-9-16-22(19,20)15-7-5-14(21-3)6-8-15/h5-8,11,16H,4,9-10H2,1-3H3. The SMILES string of the molecule is COc1ccc(S(=O)(=O)NCCCn2nc(C)cc2C)cc1. The van der Waals surface area contributed by atoms with Crippen LogP contribution in [0.1, 0.15) is 17.8 Å². The molecule has 0 aliphatic heterocycles. The first-order valence-electron chi connectivity index (χ1n) is 7.07. The summed E-state index contributed by atoms with van der Waals surface area (Å²) in [7, 11) is -1.94. The third-order valence-electron chi connectivity index (χ3n) is 3.31. The Hall–Kier alpha value is -1.86. The van der Waals surface area contributed by atoms with Crippen molar-refractivity contribution in [3.8, 4) is 5.75 Å². The summed E-state index contributed by atoms with van der Waals surface area (Å²) >= 11 is 0. The van der Waals surface area contributed by atoms with Crippen LogP contribution in [0.3, 0.4) is 0 Å². The molecule has 0 unspecified atom stereocenters. The van der Waals surface area contributed by atoms with E-state index in [9.17, 15) is 8.42 Å². The number of aromatic nitrogens is 2. The third-order valence-corrected chi connectivity index (χ3v) is 4.79. The van der Waals surface area contributed by atoms with Crippen molar-refractivity contribution in [3.05, 3.63) is 41.7 Å². The van der Waals surface area contributed by atoms with Gasteiger partial charge in [-0.2, -0.15) is 5.10 Å². The van der Waals surface area contributed by atoms with Gasteiger partial charge >= 0.3 is 0 Å². The Morgan fingerprint density at radius 3 is 2.45 bits per heavy atom. The zero-order valence-corrected chi connectivity index (χ0v) is 13.9. The van der Waals surface area contributed by atoms with Crippen molar-refractivity contribution in [3.63, 3.8) is 0 Å².